The highest BCUT2D eigenvalue weighted by atomic mass is 79.9. The Labute approximate surface area is 201 Å². The van der Waals surface area contributed by atoms with E-state index in [1.807, 2.05) is 47.0 Å². The Balaban J connectivity index is 1.79. The highest BCUT2D eigenvalue weighted by Gasteiger charge is 2.22. The lowest BCUT2D eigenvalue weighted by molar-refractivity contribution is 0.103. The summed E-state index contributed by atoms with van der Waals surface area (Å²) in [4.78, 5) is 15.9. The molecule has 0 N–H and O–H groups in total. The van der Waals surface area contributed by atoms with E-state index >= 15 is 0 Å². The van der Waals surface area contributed by atoms with Crippen molar-refractivity contribution < 1.29 is 9.53 Å². The molecule has 0 fully saturated rings. The van der Waals surface area contributed by atoms with E-state index in [4.69, 9.17) is 4.74 Å². The van der Waals surface area contributed by atoms with Gasteiger partial charge in [0.25, 0.3) is 0 Å². The van der Waals surface area contributed by atoms with Crippen molar-refractivity contribution in [1.29, 1.82) is 0 Å². The second kappa shape index (κ2) is 11.3. The highest BCUT2D eigenvalue weighted by Crippen LogP contribution is 2.32. The zero-order valence-electron chi connectivity index (χ0n) is 18.5. The lowest BCUT2D eigenvalue weighted by atomic mass is 10.0. The van der Waals surface area contributed by atoms with E-state index < -0.39 is 0 Å². The van der Waals surface area contributed by atoms with Crippen LogP contribution in [-0.4, -0.2) is 41.3 Å². The number of hydrogen-bond acceptors (Lipinski definition) is 3. The SMILES string of the molecule is CCCN(CCC)CCOc1ccc(C(=O)c2c(CC)c(Br)c3ccccn23)cc1Br. The number of nitrogens with zero attached hydrogens (tertiary/aromatic N) is 2. The summed E-state index contributed by atoms with van der Waals surface area (Å²) in [5.41, 5.74) is 3.38. The molecule has 0 radical (unpaired) electrons. The van der Waals surface area contributed by atoms with Crippen molar-refractivity contribution in [3.63, 3.8) is 0 Å². The first-order valence-electron chi connectivity index (χ1n) is 11.0. The van der Waals surface area contributed by atoms with Gasteiger partial charge in [-0.2, -0.15) is 0 Å². The van der Waals surface area contributed by atoms with E-state index in [0.29, 0.717) is 17.9 Å². The standard InChI is InChI=1S/C25H30Br2N2O2/c1-4-12-28(13-5-2)15-16-31-22-11-10-18(17-20(22)26)25(30)24-19(6-3)23(27)21-9-7-8-14-29(21)24/h7-11,14,17H,4-6,12-13,15-16H2,1-3H3. The molecule has 2 heterocycles. The number of ketones is 1. The largest absolute Gasteiger partial charge is 0.491 e. The van der Waals surface area contributed by atoms with Gasteiger partial charge in [0.2, 0.25) is 5.78 Å². The fourth-order valence-corrected chi connectivity index (χ4v) is 5.22. The van der Waals surface area contributed by atoms with Gasteiger partial charge in [-0.05, 0) is 100 Å². The Morgan fingerprint density at radius 3 is 2.42 bits per heavy atom. The molecular formula is C25H30Br2N2O2. The Morgan fingerprint density at radius 2 is 1.77 bits per heavy atom. The van der Waals surface area contributed by atoms with Crippen molar-refractivity contribution >= 4 is 43.2 Å². The fraction of sp³-hybridized carbons (Fsp3) is 0.400. The summed E-state index contributed by atoms with van der Waals surface area (Å²) < 4.78 is 9.77. The van der Waals surface area contributed by atoms with Crippen molar-refractivity contribution in [3.05, 3.63) is 68.4 Å². The van der Waals surface area contributed by atoms with Gasteiger partial charge in [-0.25, -0.2) is 0 Å². The smallest absolute Gasteiger partial charge is 0.210 e. The van der Waals surface area contributed by atoms with Crippen molar-refractivity contribution in [2.45, 2.75) is 40.0 Å². The van der Waals surface area contributed by atoms with Crippen LogP contribution in [0.25, 0.3) is 5.52 Å². The number of hydrogen-bond donors (Lipinski definition) is 0. The average molecular weight is 550 g/mol. The topological polar surface area (TPSA) is 34.0 Å². The number of halogens is 2. The Morgan fingerprint density at radius 1 is 1.03 bits per heavy atom. The van der Waals surface area contributed by atoms with Gasteiger partial charge < -0.3 is 9.14 Å². The number of benzene rings is 1. The molecule has 0 saturated heterocycles. The molecule has 3 rings (SSSR count). The maximum atomic E-state index is 13.5. The van der Waals surface area contributed by atoms with E-state index in [1.54, 1.807) is 0 Å². The quantitative estimate of drug-likeness (QED) is 0.248. The molecule has 0 aliphatic rings. The van der Waals surface area contributed by atoms with Gasteiger partial charge >= 0.3 is 0 Å². The summed E-state index contributed by atoms with van der Waals surface area (Å²) in [6.07, 6.45) is 5.00. The van der Waals surface area contributed by atoms with E-state index in [-0.39, 0.29) is 5.78 Å². The summed E-state index contributed by atoms with van der Waals surface area (Å²) in [7, 11) is 0. The molecule has 31 heavy (non-hydrogen) atoms. The maximum absolute atomic E-state index is 13.5. The lowest BCUT2D eigenvalue weighted by Gasteiger charge is -2.21. The third-order valence-electron chi connectivity index (χ3n) is 5.38. The van der Waals surface area contributed by atoms with Crippen molar-refractivity contribution in [2.24, 2.45) is 0 Å². The molecule has 0 atom stereocenters. The molecule has 4 nitrogen and oxygen atoms in total. The summed E-state index contributed by atoms with van der Waals surface area (Å²) in [6.45, 7) is 10.2. The van der Waals surface area contributed by atoms with E-state index in [1.165, 1.54) is 0 Å². The normalized spacial score (nSPS) is 11.4. The van der Waals surface area contributed by atoms with Gasteiger partial charge in [0.15, 0.2) is 0 Å². The van der Waals surface area contributed by atoms with Gasteiger partial charge in [0.1, 0.15) is 12.4 Å². The van der Waals surface area contributed by atoms with Gasteiger partial charge in [-0.15, -0.1) is 0 Å². The van der Waals surface area contributed by atoms with Crippen LogP contribution in [0.2, 0.25) is 0 Å². The number of carbonyl (C=O) groups is 1. The first kappa shape index (κ1) is 24.0. The second-order valence-electron chi connectivity index (χ2n) is 7.62. The van der Waals surface area contributed by atoms with E-state index in [9.17, 15) is 4.79 Å². The number of rotatable bonds is 11. The molecule has 0 unspecified atom stereocenters. The van der Waals surface area contributed by atoms with Crippen LogP contribution in [0.1, 0.15) is 55.2 Å². The molecule has 0 saturated carbocycles. The number of fused-ring (bicyclic) bond motifs is 1. The average Bonchev–Trinajstić information content (AvgIpc) is 3.06. The van der Waals surface area contributed by atoms with Crippen LogP contribution in [0.5, 0.6) is 5.75 Å². The van der Waals surface area contributed by atoms with Gasteiger partial charge in [0, 0.05) is 22.8 Å². The van der Waals surface area contributed by atoms with Crippen LogP contribution in [0.3, 0.4) is 0 Å². The third kappa shape index (κ3) is 5.41. The number of ether oxygens (including phenoxy) is 1. The Bertz CT molecular complexity index is 1040. The van der Waals surface area contributed by atoms with Gasteiger partial charge in [-0.3, -0.25) is 9.69 Å². The number of carbonyl (C=O) groups excluding carboxylic acids is 1. The minimum absolute atomic E-state index is 0.00747. The summed E-state index contributed by atoms with van der Waals surface area (Å²) in [5.74, 6) is 0.773. The molecular weight excluding hydrogens is 520 g/mol. The van der Waals surface area contributed by atoms with Gasteiger partial charge in [0.05, 0.1) is 15.7 Å². The van der Waals surface area contributed by atoms with Gasteiger partial charge in [-0.1, -0.05) is 26.8 Å². The lowest BCUT2D eigenvalue weighted by Crippen LogP contribution is -2.30. The first-order chi connectivity index (χ1) is 15.0. The second-order valence-corrected chi connectivity index (χ2v) is 9.26. The monoisotopic (exact) mass is 548 g/mol. The predicted molar refractivity (Wildman–Crippen MR) is 135 cm³/mol. The summed E-state index contributed by atoms with van der Waals surface area (Å²) in [5, 5.41) is 0. The molecule has 0 aliphatic carbocycles. The molecule has 0 spiro atoms. The van der Waals surface area contributed by atoms with Crippen LogP contribution < -0.4 is 4.74 Å². The number of pyridine rings is 1. The molecule has 0 aliphatic heterocycles. The van der Waals surface area contributed by atoms with Crippen LogP contribution in [0.15, 0.2) is 51.5 Å². The van der Waals surface area contributed by atoms with E-state index in [2.05, 4.69) is 57.5 Å². The molecule has 0 bridgehead atoms. The Kier molecular flexibility index (Phi) is 8.76. The highest BCUT2D eigenvalue weighted by molar-refractivity contribution is 9.11. The maximum Gasteiger partial charge on any atom is 0.210 e. The summed E-state index contributed by atoms with van der Waals surface area (Å²) >= 11 is 7.29. The van der Waals surface area contributed by atoms with Crippen molar-refractivity contribution in [3.8, 4) is 5.75 Å². The Hall–Kier alpha value is -1.63. The van der Waals surface area contributed by atoms with Crippen molar-refractivity contribution in [2.75, 3.05) is 26.2 Å². The molecule has 2 aromatic heterocycles. The van der Waals surface area contributed by atoms with Crippen LogP contribution in [0, 0.1) is 0 Å². The van der Waals surface area contributed by atoms with E-state index in [0.717, 1.165) is 64.7 Å². The minimum Gasteiger partial charge on any atom is -0.491 e. The first-order valence-corrected chi connectivity index (χ1v) is 12.6. The van der Waals surface area contributed by atoms with Crippen molar-refractivity contribution in [1.82, 2.24) is 9.30 Å². The van der Waals surface area contributed by atoms with Crippen LogP contribution in [0.4, 0.5) is 0 Å². The predicted octanol–water partition coefficient (Wildman–Crippen LogP) is 6.76. The zero-order valence-corrected chi connectivity index (χ0v) is 21.6. The number of aromatic nitrogens is 1. The van der Waals surface area contributed by atoms with Crippen LogP contribution >= 0.6 is 31.9 Å². The molecule has 0 amide bonds. The molecule has 6 heteroatoms. The summed E-state index contributed by atoms with van der Waals surface area (Å²) in [6, 6.07) is 11.6. The third-order valence-corrected chi connectivity index (χ3v) is 6.89. The molecule has 3 aromatic rings. The molecule has 1 aromatic carbocycles. The molecule has 166 valence electrons. The van der Waals surface area contributed by atoms with Crippen LogP contribution in [-0.2, 0) is 6.42 Å². The minimum atomic E-state index is 0.00747. The fourth-order valence-electron chi connectivity index (χ4n) is 3.94. The zero-order chi connectivity index (χ0) is 22.4.